The van der Waals surface area contributed by atoms with E-state index in [0.717, 1.165) is 23.1 Å². The Morgan fingerprint density at radius 2 is 1.92 bits per heavy atom. The van der Waals surface area contributed by atoms with Crippen LogP contribution in [-0.2, 0) is 4.79 Å². The van der Waals surface area contributed by atoms with Gasteiger partial charge in [-0.05, 0) is 48.9 Å². The summed E-state index contributed by atoms with van der Waals surface area (Å²) in [6, 6.07) is 12.5. The third-order valence-electron chi connectivity index (χ3n) is 3.16. The van der Waals surface area contributed by atoms with Crippen LogP contribution in [0.5, 0.6) is 11.5 Å². The maximum atomic E-state index is 11.9. The zero-order valence-electron chi connectivity index (χ0n) is 13.4. The van der Waals surface area contributed by atoms with Gasteiger partial charge in [0.15, 0.2) is 6.61 Å². The molecule has 24 heavy (non-hydrogen) atoms. The fourth-order valence-electron chi connectivity index (χ4n) is 1.90. The molecule has 0 spiro atoms. The van der Waals surface area contributed by atoms with Crippen molar-refractivity contribution in [2.45, 2.75) is 19.8 Å². The van der Waals surface area contributed by atoms with Gasteiger partial charge in [-0.15, -0.1) is 0 Å². The highest BCUT2D eigenvalue weighted by Gasteiger charge is 2.07. The topological polar surface area (TPSA) is 47.6 Å². The summed E-state index contributed by atoms with van der Waals surface area (Å²) < 4.78 is 11.9. The Kier molecular flexibility index (Phi) is 7.40. The Morgan fingerprint density at radius 1 is 1.17 bits per heavy atom. The summed E-state index contributed by atoms with van der Waals surface area (Å²) in [5, 5.41) is 3.22. The average Bonchev–Trinajstić information content (AvgIpc) is 2.56. The summed E-state index contributed by atoms with van der Waals surface area (Å²) in [6.07, 6.45) is 2.12. The number of rotatable bonds is 8. The minimum atomic E-state index is -0.256. The Labute approximate surface area is 155 Å². The molecule has 1 N–H and O–H groups in total. The summed E-state index contributed by atoms with van der Waals surface area (Å²) in [4.78, 5) is 11.9. The molecule has 0 saturated carbocycles. The first-order valence-electron chi connectivity index (χ1n) is 7.69. The van der Waals surface area contributed by atoms with Gasteiger partial charge in [0.05, 0.1) is 11.6 Å². The van der Waals surface area contributed by atoms with Crippen molar-refractivity contribution in [1.82, 2.24) is 0 Å². The molecule has 128 valence electrons. The number of carbonyl (C=O) groups is 1. The molecule has 2 aromatic rings. The molecule has 2 rings (SSSR count). The van der Waals surface area contributed by atoms with Crippen molar-refractivity contribution in [3.63, 3.8) is 0 Å². The Bertz CT molecular complexity index is 676. The van der Waals surface area contributed by atoms with E-state index in [1.54, 1.807) is 30.3 Å². The predicted molar refractivity (Wildman–Crippen MR) is 100 cm³/mol. The van der Waals surface area contributed by atoms with Crippen LogP contribution in [0.4, 0.5) is 5.69 Å². The molecule has 6 heteroatoms. The summed E-state index contributed by atoms with van der Waals surface area (Å²) >= 11 is 9.36. The van der Waals surface area contributed by atoms with Gasteiger partial charge >= 0.3 is 0 Å². The second kappa shape index (κ2) is 9.55. The Morgan fingerprint density at radius 3 is 2.58 bits per heavy atom. The van der Waals surface area contributed by atoms with E-state index in [-0.39, 0.29) is 12.5 Å². The van der Waals surface area contributed by atoms with Gasteiger partial charge in [-0.1, -0.05) is 40.9 Å². The minimum absolute atomic E-state index is 0.115. The van der Waals surface area contributed by atoms with Crippen LogP contribution in [0.15, 0.2) is 46.9 Å². The summed E-state index contributed by atoms with van der Waals surface area (Å²) in [6.45, 7) is 2.70. The fraction of sp³-hybridized carbons (Fsp3) is 0.278. The SMILES string of the molecule is CCCCOc1ccc(NC(=O)COc2ccc(Br)cc2Cl)cc1. The van der Waals surface area contributed by atoms with Gasteiger partial charge in [0, 0.05) is 10.2 Å². The number of ether oxygens (including phenoxy) is 2. The Hall–Kier alpha value is -1.72. The number of benzene rings is 2. The second-order valence-corrected chi connectivity index (χ2v) is 6.46. The van der Waals surface area contributed by atoms with Gasteiger partial charge in [-0.2, -0.15) is 0 Å². The highest BCUT2D eigenvalue weighted by atomic mass is 79.9. The lowest BCUT2D eigenvalue weighted by atomic mass is 10.3. The van der Waals surface area contributed by atoms with E-state index in [1.165, 1.54) is 0 Å². The monoisotopic (exact) mass is 411 g/mol. The van der Waals surface area contributed by atoms with Gasteiger partial charge in [-0.25, -0.2) is 0 Å². The quantitative estimate of drug-likeness (QED) is 0.599. The molecule has 0 atom stereocenters. The summed E-state index contributed by atoms with van der Waals surface area (Å²) in [7, 11) is 0. The van der Waals surface area contributed by atoms with Crippen LogP contribution in [0, 0.1) is 0 Å². The lowest BCUT2D eigenvalue weighted by Crippen LogP contribution is -2.20. The molecule has 0 aliphatic heterocycles. The molecule has 0 aliphatic rings. The van der Waals surface area contributed by atoms with Crippen LogP contribution < -0.4 is 14.8 Å². The lowest BCUT2D eigenvalue weighted by Gasteiger charge is -2.10. The number of anilines is 1. The van der Waals surface area contributed by atoms with E-state index >= 15 is 0 Å². The van der Waals surface area contributed by atoms with Crippen molar-refractivity contribution >= 4 is 39.1 Å². The number of unbranched alkanes of at least 4 members (excludes halogenated alkanes) is 1. The van der Waals surface area contributed by atoms with E-state index in [1.807, 2.05) is 12.1 Å². The molecule has 0 aromatic heterocycles. The first kappa shape index (κ1) is 18.6. The number of nitrogens with one attached hydrogen (secondary N) is 1. The normalized spacial score (nSPS) is 10.3. The molecular formula is C18H19BrClNO3. The van der Waals surface area contributed by atoms with Crippen molar-refractivity contribution < 1.29 is 14.3 Å². The third-order valence-corrected chi connectivity index (χ3v) is 3.95. The molecule has 0 saturated heterocycles. The molecule has 1 amide bonds. The van der Waals surface area contributed by atoms with Crippen LogP contribution >= 0.6 is 27.5 Å². The van der Waals surface area contributed by atoms with Gasteiger partial charge in [0.2, 0.25) is 0 Å². The maximum absolute atomic E-state index is 11.9. The smallest absolute Gasteiger partial charge is 0.262 e. The van der Waals surface area contributed by atoms with Crippen molar-refractivity contribution in [3.8, 4) is 11.5 Å². The van der Waals surface area contributed by atoms with E-state index in [9.17, 15) is 4.79 Å². The molecule has 4 nitrogen and oxygen atoms in total. The number of carbonyl (C=O) groups excluding carboxylic acids is 1. The number of amides is 1. The molecule has 2 aromatic carbocycles. The summed E-state index contributed by atoms with van der Waals surface area (Å²) in [5.41, 5.74) is 0.688. The van der Waals surface area contributed by atoms with Crippen molar-refractivity contribution in [1.29, 1.82) is 0 Å². The largest absolute Gasteiger partial charge is 0.494 e. The lowest BCUT2D eigenvalue weighted by molar-refractivity contribution is -0.118. The Balaban J connectivity index is 1.81. The number of halogens is 2. The van der Waals surface area contributed by atoms with E-state index < -0.39 is 0 Å². The first-order valence-corrected chi connectivity index (χ1v) is 8.86. The van der Waals surface area contributed by atoms with Crippen LogP contribution in [-0.4, -0.2) is 19.1 Å². The highest BCUT2D eigenvalue weighted by molar-refractivity contribution is 9.10. The van der Waals surface area contributed by atoms with E-state index in [4.69, 9.17) is 21.1 Å². The maximum Gasteiger partial charge on any atom is 0.262 e. The average molecular weight is 413 g/mol. The predicted octanol–water partition coefficient (Wildman–Crippen LogP) is 5.30. The van der Waals surface area contributed by atoms with Crippen LogP contribution in [0.25, 0.3) is 0 Å². The molecule has 0 unspecified atom stereocenters. The third kappa shape index (κ3) is 6.06. The zero-order valence-corrected chi connectivity index (χ0v) is 15.7. The second-order valence-electron chi connectivity index (χ2n) is 5.14. The number of hydrogen-bond donors (Lipinski definition) is 1. The van der Waals surface area contributed by atoms with E-state index in [2.05, 4.69) is 28.2 Å². The van der Waals surface area contributed by atoms with Crippen LogP contribution in [0.3, 0.4) is 0 Å². The summed E-state index contributed by atoms with van der Waals surface area (Å²) in [5.74, 6) is 1.00. The van der Waals surface area contributed by atoms with Crippen molar-refractivity contribution in [2.24, 2.45) is 0 Å². The van der Waals surface area contributed by atoms with E-state index in [0.29, 0.717) is 23.1 Å². The van der Waals surface area contributed by atoms with Gasteiger partial charge in [0.25, 0.3) is 5.91 Å². The molecule has 0 fully saturated rings. The van der Waals surface area contributed by atoms with Gasteiger partial charge in [0.1, 0.15) is 11.5 Å². The van der Waals surface area contributed by atoms with Gasteiger partial charge in [-0.3, -0.25) is 4.79 Å². The molecule has 0 heterocycles. The van der Waals surface area contributed by atoms with Crippen molar-refractivity contribution in [3.05, 3.63) is 52.0 Å². The van der Waals surface area contributed by atoms with Crippen molar-refractivity contribution in [2.75, 3.05) is 18.5 Å². The zero-order chi connectivity index (χ0) is 17.4. The minimum Gasteiger partial charge on any atom is -0.494 e. The highest BCUT2D eigenvalue weighted by Crippen LogP contribution is 2.27. The van der Waals surface area contributed by atoms with Crippen LogP contribution in [0.2, 0.25) is 5.02 Å². The molecule has 0 radical (unpaired) electrons. The van der Waals surface area contributed by atoms with Crippen LogP contribution in [0.1, 0.15) is 19.8 Å². The number of hydrogen-bond acceptors (Lipinski definition) is 3. The molecule has 0 bridgehead atoms. The molecule has 0 aliphatic carbocycles. The fourth-order valence-corrected chi connectivity index (χ4v) is 2.63. The molecular weight excluding hydrogens is 394 g/mol. The standard InChI is InChI=1S/C18H19BrClNO3/c1-2-3-10-23-15-7-5-14(6-8-15)21-18(22)12-24-17-9-4-13(19)11-16(17)20/h4-9,11H,2-3,10,12H2,1H3,(H,21,22). The van der Waals surface area contributed by atoms with Gasteiger partial charge < -0.3 is 14.8 Å². The first-order chi connectivity index (χ1) is 11.6.